The van der Waals surface area contributed by atoms with Gasteiger partial charge in [-0.2, -0.15) is 0 Å². The third-order valence-electron chi connectivity index (χ3n) is 3.06. The average Bonchev–Trinajstić information content (AvgIpc) is 2.97. The van der Waals surface area contributed by atoms with Gasteiger partial charge in [0.25, 0.3) is 0 Å². The predicted molar refractivity (Wildman–Crippen MR) is 77.8 cm³/mol. The summed E-state index contributed by atoms with van der Waals surface area (Å²) in [5.41, 5.74) is 9.07. The molecular weight excluding hydrogens is 252 g/mol. The van der Waals surface area contributed by atoms with Crippen molar-refractivity contribution in [2.75, 3.05) is 12.8 Å². The van der Waals surface area contributed by atoms with Crippen molar-refractivity contribution in [3.05, 3.63) is 54.7 Å². The summed E-state index contributed by atoms with van der Waals surface area (Å²) in [4.78, 5) is 0. The molecular formula is C15H14N4O. The van der Waals surface area contributed by atoms with E-state index in [2.05, 4.69) is 10.3 Å². The van der Waals surface area contributed by atoms with Crippen LogP contribution in [0.3, 0.4) is 0 Å². The number of hydrogen-bond donors (Lipinski definition) is 1. The summed E-state index contributed by atoms with van der Waals surface area (Å²) in [6.45, 7) is 0. The van der Waals surface area contributed by atoms with Gasteiger partial charge in [0.1, 0.15) is 17.1 Å². The standard InChI is InChI=1S/C15H14N4O/c1-20-15-9-5-4-8-14(15)19-10-13(17-18-19)11-6-2-3-7-12(11)16/h2-10H,16H2,1H3. The predicted octanol–water partition coefficient (Wildman–Crippen LogP) is 2.53. The van der Waals surface area contributed by atoms with Crippen LogP contribution >= 0.6 is 0 Å². The Kier molecular flexibility index (Phi) is 3.09. The Morgan fingerprint density at radius 1 is 1.05 bits per heavy atom. The molecule has 2 aromatic carbocycles. The third-order valence-corrected chi connectivity index (χ3v) is 3.06. The molecule has 0 aliphatic rings. The number of nitrogen functional groups attached to an aromatic ring is 1. The van der Waals surface area contributed by atoms with E-state index in [1.807, 2.05) is 54.7 Å². The van der Waals surface area contributed by atoms with E-state index < -0.39 is 0 Å². The maximum Gasteiger partial charge on any atom is 0.144 e. The van der Waals surface area contributed by atoms with Crippen LogP contribution in [0, 0.1) is 0 Å². The highest BCUT2D eigenvalue weighted by atomic mass is 16.5. The van der Waals surface area contributed by atoms with E-state index in [1.54, 1.807) is 11.8 Å². The molecule has 2 N–H and O–H groups in total. The Bertz CT molecular complexity index is 736. The Hall–Kier alpha value is -2.82. The molecule has 0 bridgehead atoms. The van der Waals surface area contributed by atoms with Crippen molar-refractivity contribution in [3.8, 4) is 22.7 Å². The van der Waals surface area contributed by atoms with E-state index in [4.69, 9.17) is 10.5 Å². The first-order valence-electron chi connectivity index (χ1n) is 6.20. The topological polar surface area (TPSA) is 66.0 Å². The molecule has 0 amide bonds. The maximum atomic E-state index is 5.95. The monoisotopic (exact) mass is 266 g/mol. The number of nitrogens with zero attached hydrogens (tertiary/aromatic N) is 3. The quantitative estimate of drug-likeness (QED) is 0.740. The molecule has 0 saturated carbocycles. The van der Waals surface area contributed by atoms with E-state index in [0.29, 0.717) is 5.69 Å². The lowest BCUT2D eigenvalue weighted by atomic mass is 10.1. The van der Waals surface area contributed by atoms with Crippen molar-refractivity contribution in [2.45, 2.75) is 0 Å². The van der Waals surface area contributed by atoms with Crippen LogP contribution in [0.4, 0.5) is 5.69 Å². The van der Waals surface area contributed by atoms with Gasteiger partial charge in [-0.1, -0.05) is 35.5 Å². The van der Waals surface area contributed by atoms with Gasteiger partial charge in [-0.3, -0.25) is 0 Å². The fraction of sp³-hybridized carbons (Fsp3) is 0.0667. The zero-order chi connectivity index (χ0) is 13.9. The van der Waals surface area contributed by atoms with Gasteiger partial charge in [0, 0.05) is 11.3 Å². The molecule has 0 unspecified atom stereocenters. The molecule has 0 aliphatic carbocycles. The Morgan fingerprint density at radius 2 is 1.80 bits per heavy atom. The van der Waals surface area contributed by atoms with E-state index in [1.165, 1.54) is 0 Å². The van der Waals surface area contributed by atoms with Crippen LogP contribution in [-0.4, -0.2) is 22.1 Å². The molecule has 100 valence electrons. The van der Waals surface area contributed by atoms with Crippen molar-refractivity contribution in [1.82, 2.24) is 15.0 Å². The number of nitrogens with two attached hydrogens (primary N) is 1. The number of aromatic nitrogens is 3. The van der Waals surface area contributed by atoms with Crippen molar-refractivity contribution >= 4 is 5.69 Å². The average molecular weight is 266 g/mol. The Labute approximate surface area is 116 Å². The molecule has 0 saturated heterocycles. The maximum absolute atomic E-state index is 5.95. The number of para-hydroxylation sites is 3. The molecule has 1 heterocycles. The molecule has 3 aromatic rings. The lowest BCUT2D eigenvalue weighted by Crippen LogP contribution is -1.98. The van der Waals surface area contributed by atoms with Crippen LogP contribution in [0.1, 0.15) is 0 Å². The molecule has 20 heavy (non-hydrogen) atoms. The van der Waals surface area contributed by atoms with Gasteiger partial charge in [0.15, 0.2) is 0 Å². The molecule has 0 fully saturated rings. The van der Waals surface area contributed by atoms with Crippen molar-refractivity contribution in [2.24, 2.45) is 0 Å². The molecule has 0 radical (unpaired) electrons. The first-order valence-corrected chi connectivity index (χ1v) is 6.20. The lowest BCUT2D eigenvalue weighted by Gasteiger charge is -2.06. The SMILES string of the molecule is COc1ccccc1-n1cc(-c2ccccc2N)nn1. The van der Waals surface area contributed by atoms with Crippen molar-refractivity contribution in [3.63, 3.8) is 0 Å². The summed E-state index contributed by atoms with van der Waals surface area (Å²) >= 11 is 0. The fourth-order valence-corrected chi connectivity index (χ4v) is 2.05. The smallest absolute Gasteiger partial charge is 0.144 e. The number of methoxy groups -OCH3 is 1. The van der Waals surface area contributed by atoms with Crippen LogP contribution in [0.25, 0.3) is 16.9 Å². The van der Waals surface area contributed by atoms with Crippen LogP contribution in [0.2, 0.25) is 0 Å². The van der Waals surface area contributed by atoms with Crippen LogP contribution in [0.15, 0.2) is 54.7 Å². The molecule has 0 spiro atoms. The van der Waals surface area contributed by atoms with Crippen LogP contribution < -0.4 is 10.5 Å². The summed E-state index contributed by atoms with van der Waals surface area (Å²) in [6, 6.07) is 15.2. The highest BCUT2D eigenvalue weighted by Gasteiger charge is 2.10. The number of ether oxygens (including phenoxy) is 1. The number of benzene rings is 2. The number of anilines is 1. The summed E-state index contributed by atoms with van der Waals surface area (Å²) in [7, 11) is 1.63. The summed E-state index contributed by atoms with van der Waals surface area (Å²) in [6.07, 6.45) is 1.84. The fourth-order valence-electron chi connectivity index (χ4n) is 2.05. The van der Waals surface area contributed by atoms with Gasteiger partial charge in [-0.05, 0) is 18.2 Å². The molecule has 3 rings (SSSR count). The normalized spacial score (nSPS) is 10.4. The van der Waals surface area contributed by atoms with Gasteiger partial charge in [-0.15, -0.1) is 5.10 Å². The van der Waals surface area contributed by atoms with Crippen LogP contribution in [-0.2, 0) is 0 Å². The number of hydrogen-bond acceptors (Lipinski definition) is 4. The van der Waals surface area contributed by atoms with Gasteiger partial charge in [0.2, 0.25) is 0 Å². The highest BCUT2D eigenvalue weighted by molar-refractivity contribution is 5.73. The van der Waals surface area contributed by atoms with Crippen LogP contribution in [0.5, 0.6) is 5.75 Å². The van der Waals surface area contributed by atoms with Gasteiger partial charge in [0.05, 0.1) is 13.3 Å². The van der Waals surface area contributed by atoms with Gasteiger partial charge in [-0.25, -0.2) is 4.68 Å². The van der Waals surface area contributed by atoms with E-state index >= 15 is 0 Å². The van der Waals surface area contributed by atoms with Gasteiger partial charge < -0.3 is 10.5 Å². The zero-order valence-corrected chi connectivity index (χ0v) is 11.0. The molecule has 0 aliphatic heterocycles. The summed E-state index contributed by atoms with van der Waals surface area (Å²) < 4.78 is 7.01. The second kappa shape index (κ2) is 5.05. The largest absolute Gasteiger partial charge is 0.494 e. The molecule has 0 atom stereocenters. The van der Waals surface area contributed by atoms with Gasteiger partial charge >= 0.3 is 0 Å². The minimum atomic E-state index is 0.680. The summed E-state index contributed by atoms with van der Waals surface area (Å²) in [5, 5.41) is 8.32. The van der Waals surface area contributed by atoms with Crippen molar-refractivity contribution < 1.29 is 4.74 Å². The molecule has 5 nitrogen and oxygen atoms in total. The minimum absolute atomic E-state index is 0.680. The molecule has 1 aromatic heterocycles. The Morgan fingerprint density at radius 3 is 2.60 bits per heavy atom. The minimum Gasteiger partial charge on any atom is -0.494 e. The summed E-state index contributed by atoms with van der Waals surface area (Å²) in [5.74, 6) is 0.741. The first kappa shape index (κ1) is 12.2. The van der Waals surface area contributed by atoms with Crippen molar-refractivity contribution in [1.29, 1.82) is 0 Å². The van der Waals surface area contributed by atoms with E-state index in [9.17, 15) is 0 Å². The van der Waals surface area contributed by atoms with E-state index in [-0.39, 0.29) is 0 Å². The zero-order valence-electron chi connectivity index (χ0n) is 11.0. The second-order valence-corrected chi connectivity index (χ2v) is 4.31. The third kappa shape index (κ3) is 2.09. The lowest BCUT2D eigenvalue weighted by molar-refractivity contribution is 0.411. The number of rotatable bonds is 3. The van der Waals surface area contributed by atoms with E-state index in [0.717, 1.165) is 22.7 Å². The Balaban J connectivity index is 2.05. The highest BCUT2D eigenvalue weighted by Crippen LogP contribution is 2.26. The molecule has 5 heteroatoms. The first-order chi connectivity index (χ1) is 9.79. The second-order valence-electron chi connectivity index (χ2n) is 4.31.